The van der Waals surface area contributed by atoms with Crippen molar-refractivity contribution in [1.82, 2.24) is 0 Å². The van der Waals surface area contributed by atoms with E-state index < -0.39 is 11.1 Å². The van der Waals surface area contributed by atoms with Gasteiger partial charge < -0.3 is 9.39 Å². The lowest BCUT2D eigenvalue weighted by Gasteiger charge is -2.07. The second-order valence-corrected chi connectivity index (χ2v) is 3.66. The van der Waals surface area contributed by atoms with E-state index in [1.807, 2.05) is 0 Å². The van der Waals surface area contributed by atoms with Gasteiger partial charge in [0.25, 0.3) is 0 Å². The smallest absolute Gasteiger partial charge is 0.187 e. The van der Waals surface area contributed by atoms with Gasteiger partial charge >= 0.3 is 0 Å². The van der Waals surface area contributed by atoms with Crippen LogP contribution in [0, 0.1) is 13.8 Å². The Hall–Kier alpha value is -0.910. The van der Waals surface area contributed by atoms with E-state index in [-0.39, 0.29) is 0 Å². The first-order valence-corrected chi connectivity index (χ1v) is 4.75. The van der Waals surface area contributed by atoms with Gasteiger partial charge in [0.15, 0.2) is 11.1 Å². The van der Waals surface area contributed by atoms with Gasteiger partial charge in [-0.1, -0.05) is 0 Å². The van der Waals surface area contributed by atoms with Gasteiger partial charge in [0.05, 0.1) is 4.90 Å². The van der Waals surface area contributed by atoms with Crippen LogP contribution in [0.15, 0.2) is 17.0 Å². The zero-order valence-corrected chi connectivity index (χ0v) is 8.22. The minimum Gasteiger partial charge on any atom is -0.412 e. The molecule has 5 heteroatoms. The first-order chi connectivity index (χ1) is 6.06. The number of rotatable bonds is 2. The van der Waals surface area contributed by atoms with E-state index in [0.29, 0.717) is 21.8 Å². The van der Waals surface area contributed by atoms with Crippen molar-refractivity contribution >= 4 is 11.1 Å². The Labute approximate surface area is 78.9 Å². The number of benzene rings is 1. The van der Waals surface area contributed by atoms with Crippen molar-refractivity contribution in [2.24, 2.45) is 5.90 Å². The minimum absolute atomic E-state index is 0.417. The van der Waals surface area contributed by atoms with Crippen LogP contribution in [0.5, 0.6) is 5.75 Å². The highest BCUT2D eigenvalue weighted by atomic mass is 32.2. The third-order valence-corrected chi connectivity index (χ3v) is 2.74. The fourth-order valence-corrected chi connectivity index (χ4v) is 1.92. The molecule has 0 amide bonds. The molecular formula is C8H11NO3S. The summed E-state index contributed by atoms with van der Waals surface area (Å²) in [5, 5.41) is 0. The zero-order valence-electron chi connectivity index (χ0n) is 7.40. The summed E-state index contributed by atoms with van der Waals surface area (Å²) in [6, 6.07) is 3.24. The zero-order chi connectivity index (χ0) is 10.0. The molecule has 0 radical (unpaired) electrons. The van der Waals surface area contributed by atoms with Crippen LogP contribution in [0.3, 0.4) is 0 Å². The van der Waals surface area contributed by atoms with E-state index >= 15 is 0 Å². The summed E-state index contributed by atoms with van der Waals surface area (Å²) in [4.78, 5) is 4.95. The van der Waals surface area contributed by atoms with Gasteiger partial charge in [0.1, 0.15) is 5.75 Å². The average Bonchev–Trinajstić information content (AvgIpc) is 2.02. The summed E-state index contributed by atoms with van der Waals surface area (Å²) in [5.74, 6) is 5.47. The minimum atomic E-state index is -1.96. The summed E-state index contributed by atoms with van der Waals surface area (Å²) < 4.78 is 19.8. The Morgan fingerprint density at radius 3 is 2.15 bits per heavy atom. The van der Waals surface area contributed by atoms with Gasteiger partial charge in [-0.15, -0.1) is 0 Å². The third-order valence-electron chi connectivity index (χ3n) is 1.74. The second kappa shape index (κ2) is 3.87. The molecule has 72 valence electrons. The fraction of sp³-hybridized carbons (Fsp3) is 0.250. The van der Waals surface area contributed by atoms with Crippen LogP contribution < -0.4 is 10.7 Å². The molecule has 1 atom stereocenters. The van der Waals surface area contributed by atoms with E-state index in [2.05, 4.69) is 4.84 Å². The molecule has 0 aliphatic rings. The van der Waals surface area contributed by atoms with Gasteiger partial charge in [-0.25, -0.2) is 4.21 Å². The second-order valence-electron chi connectivity index (χ2n) is 2.75. The van der Waals surface area contributed by atoms with Crippen LogP contribution in [-0.4, -0.2) is 8.76 Å². The molecule has 0 fully saturated rings. The number of hydrogen-bond acceptors (Lipinski definition) is 3. The topological polar surface area (TPSA) is 72.5 Å². The Morgan fingerprint density at radius 2 is 1.85 bits per heavy atom. The van der Waals surface area contributed by atoms with Gasteiger partial charge in [-0.05, 0) is 37.1 Å². The van der Waals surface area contributed by atoms with Gasteiger partial charge in [0, 0.05) is 0 Å². The molecule has 3 N–H and O–H groups in total. The molecule has 1 aromatic carbocycles. The molecule has 0 aliphatic heterocycles. The lowest BCUT2D eigenvalue weighted by atomic mass is 10.1. The quantitative estimate of drug-likeness (QED) is 0.556. The van der Waals surface area contributed by atoms with Crippen LogP contribution in [-0.2, 0) is 11.1 Å². The number of nitrogens with two attached hydrogens (primary N) is 1. The molecule has 13 heavy (non-hydrogen) atoms. The molecule has 1 aromatic rings. The van der Waals surface area contributed by atoms with Gasteiger partial charge in [0.2, 0.25) is 0 Å². The monoisotopic (exact) mass is 201 g/mol. The van der Waals surface area contributed by atoms with E-state index in [0.717, 1.165) is 0 Å². The summed E-state index contributed by atoms with van der Waals surface area (Å²) in [5.41, 5.74) is 1.39. The van der Waals surface area contributed by atoms with Crippen LogP contribution in [0.1, 0.15) is 11.1 Å². The van der Waals surface area contributed by atoms with E-state index in [1.165, 1.54) is 0 Å². The highest BCUT2D eigenvalue weighted by Gasteiger charge is 2.10. The Morgan fingerprint density at radius 1 is 1.38 bits per heavy atom. The van der Waals surface area contributed by atoms with Crippen molar-refractivity contribution in [3.8, 4) is 5.75 Å². The van der Waals surface area contributed by atoms with Crippen molar-refractivity contribution < 1.29 is 13.6 Å². The lowest BCUT2D eigenvalue weighted by Crippen LogP contribution is -2.04. The number of hydrogen-bond donors (Lipinski definition) is 2. The van der Waals surface area contributed by atoms with E-state index in [9.17, 15) is 4.21 Å². The van der Waals surface area contributed by atoms with Crippen LogP contribution in [0.4, 0.5) is 0 Å². The summed E-state index contributed by atoms with van der Waals surface area (Å²) in [6.07, 6.45) is 0. The molecular weight excluding hydrogens is 190 g/mol. The van der Waals surface area contributed by atoms with Crippen molar-refractivity contribution in [2.75, 3.05) is 0 Å². The molecule has 0 bridgehead atoms. The first-order valence-electron chi connectivity index (χ1n) is 3.65. The fourth-order valence-electron chi connectivity index (χ4n) is 1.25. The molecule has 0 spiro atoms. The molecule has 1 rings (SSSR count). The lowest BCUT2D eigenvalue weighted by molar-refractivity contribution is 0.333. The van der Waals surface area contributed by atoms with Crippen molar-refractivity contribution in [1.29, 1.82) is 0 Å². The first kappa shape index (κ1) is 10.2. The standard InChI is InChI=1S/C8H11NO3S/c1-5-3-7(12-9)4-6(2)8(5)13(10)11/h3-4H,9H2,1-2H3,(H,10,11). The maximum atomic E-state index is 10.9. The van der Waals surface area contributed by atoms with E-state index in [1.54, 1.807) is 26.0 Å². The van der Waals surface area contributed by atoms with Gasteiger partial charge in [-0.2, -0.15) is 5.90 Å². The highest BCUT2D eigenvalue weighted by molar-refractivity contribution is 7.79. The third kappa shape index (κ3) is 2.06. The maximum absolute atomic E-state index is 10.9. The van der Waals surface area contributed by atoms with E-state index in [4.69, 9.17) is 10.4 Å². The predicted molar refractivity (Wildman–Crippen MR) is 49.8 cm³/mol. The predicted octanol–water partition coefficient (Wildman–Crippen LogP) is 1.14. The van der Waals surface area contributed by atoms with Crippen molar-refractivity contribution in [2.45, 2.75) is 18.7 Å². The van der Waals surface area contributed by atoms with Crippen molar-refractivity contribution in [3.63, 3.8) is 0 Å². The van der Waals surface area contributed by atoms with Crippen LogP contribution >= 0.6 is 0 Å². The SMILES string of the molecule is Cc1cc(ON)cc(C)c1S(=O)O. The van der Waals surface area contributed by atoms with Gasteiger partial charge in [-0.3, -0.25) is 0 Å². The normalized spacial score (nSPS) is 12.6. The summed E-state index contributed by atoms with van der Waals surface area (Å²) >= 11 is -1.96. The largest absolute Gasteiger partial charge is 0.412 e. The number of aryl methyl sites for hydroxylation is 2. The molecule has 0 heterocycles. The average molecular weight is 201 g/mol. The summed E-state index contributed by atoms with van der Waals surface area (Å²) in [7, 11) is 0. The molecule has 0 saturated heterocycles. The van der Waals surface area contributed by atoms with Crippen LogP contribution in [0.25, 0.3) is 0 Å². The molecule has 1 unspecified atom stereocenters. The Balaban J connectivity index is 3.31. The molecule has 4 nitrogen and oxygen atoms in total. The highest BCUT2D eigenvalue weighted by Crippen LogP contribution is 2.23. The molecule has 0 saturated carbocycles. The Kier molecular flexibility index (Phi) is 3.02. The summed E-state index contributed by atoms with van der Waals surface area (Å²) in [6.45, 7) is 3.47. The van der Waals surface area contributed by atoms with Crippen molar-refractivity contribution in [3.05, 3.63) is 23.3 Å². The van der Waals surface area contributed by atoms with Crippen LogP contribution in [0.2, 0.25) is 0 Å². The maximum Gasteiger partial charge on any atom is 0.187 e. The Bertz CT molecular complexity index is 328. The molecule has 0 aliphatic carbocycles. The molecule has 0 aromatic heterocycles.